The molecule has 100 valence electrons. The van der Waals surface area contributed by atoms with Gasteiger partial charge in [0.05, 0.1) is 0 Å². The molecule has 1 aromatic carbocycles. The molecule has 0 atom stereocenters. The first-order valence-electron chi connectivity index (χ1n) is 6.59. The van der Waals surface area contributed by atoms with E-state index >= 15 is 0 Å². The van der Waals surface area contributed by atoms with Crippen molar-refractivity contribution in [2.24, 2.45) is 7.05 Å². The third-order valence-corrected chi connectivity index (χ3v) is 3.11. The van der Waals surface area contributed by atoms with Crippen LogP contribution in [0.2, 0.25) is 0 Å². The van der Waals surface area contributed by atoms with Crippen LogP contribution >= 0.6 is 0 Å². The zero-order valence-electron chi connectivity index (χ0n) is 11.0. The van der Waals surface area contributed by atoms with Crippen LogP contribution in [0, 0.1) is 0 Å². The van der Waals surface area contributed by atoms with E-state index in [2.05, 4.69) is 39.7 Å². The second-order valence-electron chi connectivity index (χ2n) is 4.96. The number of ether oxygens (including phenoxy) is 1. The van der Waals surface area contributed by atoms with E-state index in [0.29, 0.717) is 12.6 Å². The van der Waals surface area contributed by atoms with Gasteiger partial charge in [-0.15, -0.1) is 5.10 Å². The van der Waals surface area contributed by atoms with Crippen molar-refractivity contribution < 1.29 is 4.74 Å². The monoisotopic (exact) mass is 258 g/mol. The topological polar surface area (TPSA) is 52.0 Å². The first-order chi connectivity index (χ1) is 9.29. The molecule has 0 bridgehead atoms. The maximum Gasteiger partial charge on any atom is 0.335 e. The summed E-state index contributed by atoms with van der Waals surface area (Å²) < 4.78 is 7.17. The molecule has 5 heteroatoms. The highest BCUT2D eigenvalue weighted by Crippen LogP contribution is 2.19. The Bertz CT molecular complexity index is 548. The number of nitrogens with zero attached hydrogens (tertiary/aromatic N) is 3. The van der Waals surface area contributed by atoms with Gasteiger partial charge < -0.3 is 10.1 Å². The fourth-order valence-corrected chi connectivity index (χ4v) is 1.91. The molecule has 1 aromatic heterocycles. The third-order valence-electron chi connectivity index (χ3n) is 3.11. The van der Waals surface area contributed by atoms with E-state index in [1.807, 2.05) is 7.05 Å². The number of rotatable bonds is 6. The number of nitrogens with one attached hydrogen (secondary N) is 1. The molecule has 5 nitrogen and oxygen atoms in total. The van der Waals surface area contributed by atoms with Gasteiger partial charge in [0, 0.05) is 19.6 Å². The zero-order valence-corrected chi connectivity index (χ0v) is 11.0. The van der Waals surface area contributed by atoms with Crippen molar-refractivity contribution in [3.63, 3.8) is 0 Å². The number of aryl methyl sites for hydroxylation is 1. The SMILES string of the molecule is Cn1cnc(OCc2cccc(CNC3CC3)c2)n1. The average molecular weight is 258 g/mol. The molecule has 2 aromatic rings. The Morgan fingerprint density at radius 1 is 1.37 bits per heavy atom. The zero-order chi connectivity index (χ0) is 13.1. The lowest BCUT2D eigenvalue weighted by Gasteiger charge is -2.06. The Balaban J connectivity index is 1.55. The number of hydrogen-bond donors (Lipinski definition) is 1. The van der Waals surface area contributed by atoms with Crippen LogP contribution in [0.4, 0.5) is 0 Å². The largest absolute Gasteiger partial charge is 0.458 e. The fraction of sp³-hybridized carbons (Fsp3) is 0.429. The standard InChI is InChI=1S/C14H18N4O/c1-18-10-16-14(17-18)19-9-12-4-2-3-11(7-12)8-15-13-5-6-13/h2-4,7,10,13,15H,5-6,8-9H2,1H3. The van der Waals surface area contributed by atoms with Gasteiger partial charge in [0.1, 0.15) is 12.9 Å². The molecule has 1 N–H and O–H groups in total. The van der Waals surface area contributed by atoms with Crippen molar-refractivity contribution >= 4 is 0 Å². The third kappa shape index (κ3) is 3.54. The molecule has 1 heterocycles. The second-order valence-corrected chi connectivity index (χ2v) is 4.96. The van der Waals surface area contributed by atoms with E-state index in [9.17, 15) is 0 Å². The molecule has 0 radical (unpaired) electrons. The summed E-state index contributed by atoms with van der Waals surface area (Å²) >= 11 is 0. The molecular formula is C14H18N4O. The number of benzene rings is 1. The van der Waals surface area contributed by atoms with Gasteiger partial charge in [0.25, 0.3) is 0 Å². The molecule has 3 rings (SSSR count). The minimum atomic E-state index is 0.420. The van der Waals surface area contributed by atoms with E-state index in [1.165, 1.54) is 18.4 Å². The minimum absolute atomic E-state index is 0.420. The van der Waals surface area contributed by atoms with E-state index < -0.39 is 0 Å². The van der Waals surface area contributed by atoms with Gasteiger partial charge in [-0.3, -0.25) is 4.68 Å². The number of aromatic nitrogens is 3. The van der Waals surface area contributed by atoms with Crippen molar-refractivity contribution in [3.05, 3.63) is 41.7 Å². The molecule has 1 saturated carbocycles. The molecule has 0 unspecified atom stereocenters. The van der Waals surface area contributed by atoms with Crippen LogP contribution < -0.4 is 10.1 Å². The molecular weight excluding hydrogens is 240 g/mol. The second kappa shape index (κ2) is 5.40. The highest BCUT2D eigenvalue weighted by atomic mass is 16.5. The first kappa shape index (κ1) is 12.2. The molecule has 0 aliphatic heterocycles. The molecule has 0 spiro atoms. The predicted molar refractivity (Wildman–Crippen MR) is 71.6 cm³/mol. The summed E-state index contributed by atoms with van der Waals surface area (Å²) in [6.07, 6.45) is 4.26. The smallest absolute Gasteiger partial charge is 0.335 e. The van der Waals surface area contributed by atoms with Gasteiger partial charge in [-0.05, 0) is 24.0 Å². The molecule has 1 aliphatic carbocycles. The van der Waals surface area contributed by atoms with Crippen molar-refractivity contribution in [3.8, 4) is 6.01 Å². The Morgan fingerprint density at radius 2 is 2.21 bits per heavy atom. The Hall–Kier alpha value is -1.88. The van der Waals surface area contributed by atoms with Crippen LogP contribution in [0.3, 0.4) is 0 Å². The lowest BCUT2D eigenvalue weighted by molar-refractivity contribution is 0.280. The maximum atomic E-state index is 5.54. The molecule has 1 fully saturated rings. The van der Waals surface area contributed by atoms with Crippen molar-refractivity contribution in [2.75, 3.05) is 0 Å². The minimum Gasteiger partial charge on any atom is -0.458 e. The summed E-state index contributed by atoms with van der Waals surface area (Å²) in [5.41, 5.74) is 2.43. The molecule has 19 heavy (non-hydrogen) atoms. The van der Waals surface area contributed by atoms with E-state index in [0.717, 1.165) is 18.2 Å². The van der Waals surface area contributed by atoms with Gasteiger partial charge in [-0.1, -0.05) is 24.3 Å². The number of hydrogen-bond acceptors (Lipinski definition) is 4. The highest BCUT2D eigenvalue weighted by Gasteiger charge is 2.19. The van der Waals surface area contributed by atoms with E-state index in [1.54, 1.807) is 11.0 Å². The van der Waals surface area contributed by atoms with Crippen LogP contribution in [0.5, 0.6) is 6.01 Å². The molecule has 0 saturated heterocycles. The van der Waals surface area contributed by atoms with Gasteiger partial charge in [0.15, 0.2) is 0 Å². The van der Waals surface area contributed by atoms with Crippen LogP contribution in [-0.4, -0.2) is 20.8 Å². The van der Waals surface area contributed by atoms with Crippen molar-refractivity contribution in [1.29, 1.82) is 0 Å². The summed E-state index contributed by atoms with van der Waals surface area (Å²) in [5.74, 6) is 0. The summed E-state index contributed by atoms with van der Waals surface area (Å²) in [6, 6.07) is 9.58. The lowest BCUT2D eigenvalue weighted by atomic mass is 10.1. The molecule has 1 aliphatic rings. The van der Waals surface area contributed by atoms with Crippen molar-refractivity contribution in [1.82, 2.24) is 20.1 Å². The first-order valence-corrected chi connectivity index (χ1v) is 6.59. The van der Waals surface area contributed by atoms with Gasteiger partial charge in [-0.25, -0.2) is 0 Å². The highest BCUT2D eigenvalue weighted by molar-refractivity contribution is 5.23. The predicted octanol–water partition coefficient (Wildman–Crippen LogP) is 1.65. The molecule has 0 amide bonds. The lowest BCUT2D eigenvalue weighted by Crippen LogP contribution is -2.15. The van der Waals surface area contributed by atoms with Gasteiger partial charge in [0.2, 0.25) is 0 Å². The van der Waals surface area contributed by atoms with Gasteiger partial charge in [-0.2, -0.15) is 4.98 Å². The van der Waals surface area contributed by atoms with Crippen LogP contribution in [-0.2, 0) is 20.2 Å². The fourth-order valence-electron chi connectivity index (χ4n) is 1.91. The quantitative estimate of drug-likeness (QED) is 0.856. The summed E-state index contributed by atoms with van der Waals surface area (Å²) in [6.45, 7) is 1.43. The van der Waals surface area contributed by atoms with Gasteiger partial charge >= 0.3 is 6.01 Å². The van der Waals surface area contributed by atoms with Crippen molar-refractivity contribution in [2.45, 2.75) is 32.0 Å². The summed E-state index contributed by atoms with van der Waals surface area (Å²) in [7, 11) is 1.82. The Kier molecular flexibility index (Phi) is 3.46. The Labute approximate surface area is 112 Å². The normalized spacial score (nSPS) is 14.6. The van der Waals surface area contributed by atoms with E-state index in [-0.39, 0.29) is 0 Å². The summed E-state index contributed by atoms with van der Waals surface area (Å²) in [4.78, 5) is 4.04. The van der Waals surface area contributed by atoms with Crippen LogP contribution in [0.1, 0.15) is 24.0 Å². The van der Waals surface area contributed by atoms with Crippen LogP contribution in [0.15, 0.2) is 30.6 Å². The average Bonchev–Trinajstić information content (AvgIpc) is 3.16. The maximum absolute atomic E-state index is 5.54. The Morgan fingerprint density at radius 3 is 2.95 bits per heavy atom. The van der Waals surface area contributed by atoms with Crippen LogP contribution in [0.25, 0.3) is 0 Å². The van der Waals surface area contributed by atoms with E-state index in [4.69, 9.17) is 4.74 Å². The summed E-state index contributed by atoms with van der Waals surface area (Å²) in [5, 5.41) is 7.60.